The van der Waals surface area contributed by atoms with Gasteiger partial charge in [0.15, 0.2) is 0 Å². The van der Waals surface area contributed by atoms with Crippen LogP contribution in [0, 0.1) is 11.3 Å². The minimum Gasteiger partial charge on any atom is -0.445 e. The van der Waals surface area contributed by atoms with E-state index in [1.165, 1.54) is 6.26 Å². The lowest BCUT2D eigenvalue weighted by molar-refractivity contribution is 0.575. The van der Waals surface area contributed by atoms with Crippen LogP contribution in [0.5, 0.6) is 0 Å². The Balaban J connectivity index is 2.30. The van der Waals surface area contributed by atoms with Crippen LogP contribution in [0.4, 0.5) is 0 Å². The highest BCUT2D eigenvalue weighted by molar-refractivity contribution is 5.84. The number of benzene rings is 1. The number of hydrogen-bond acceptors (Lipinski definition) is 4. The van der Waals surface area contributed by atoms with E-state index in [2.05, 4.69) is 16.0 Å². The van der Waals surface area contributed by atoms with E-state index in [0.29, 0.717) is 11.5 Å². The topological polar surface area (TPSA) is 62.7 Å². The molecule has 0 unspecified atom stereocenters. The molecule has 0 N–H and O–H groups in total. The Morgan fingerprint density at radius 3 is 2.74 bits per heavy atom. The van der Waals surface area contributed by atoms with Crippen molar-refractivity contribution in [3.63, 3.8) is 0 Å². The number of hydrogen-bond donors (Lipinski definition) is 0. The summed E-state index contributed by atoms with van der Waals surface area (Å²) in [5, 5.41) is 9.28. The first kappa shape index (κ1) is 11.2. The molecule has 0 aliphatic heterocycles. The minimum absolute atomic E-state index is 0.496. The summed E-state index contributed by atoms with van der Waals surface area (Å²) in [5.74, 6) is 0.496. The van der Waals surface area contributed by atoms with Crippen LogP contribution in [-0.4, -0.2) is 9.97 Å². The molecule has 4 nitrogen and oxygen atoms in total. The van der Waals surface area contributed by atoms with Crippen molar-refractivity contribution in [3.05, 3.63) is 60.7 Å². The summed E-state index contributed by atoms with van der Waals surface area (Å²) < 4.78 is 5.34. The Kier molecular flexibility index (Phi) is 2.79. The van der Waals surface area contributed by atoms with E-state index >= 15 is 0 Å². The number of rotatable bonds is 2. The third kappa shape index (κ3) is 1.98. The lowest BCUT2D eigenvalue weighted by atomic mass is 9.96. The van der Waals surface area contributed by atoms with E-state index in [9.17, 15) is 5.26 Å². The van der Waals surface area contributed by atoms with Gasteiger partial charge in [-0.15, -0.1) is 0 Å². The predicted octanol–water partition coefficient (Wildman–Crippen LogP) is 3.28. The first-order valence-corrected chi connectivity index (χ1v) is 5.73. The molecule has 0 saturated heterocycles. The smallest absolute Gasteiger partial charge is 0.226 e. The van der Waals surface area contributed by atoms with Crippen molar-refractivity contribution >= 4 is 0 Å². The zero-order valence-corrected chi connectivity index (χ0v) is 9.95. The van der Waals surface area contributed by atoms with Crippen LogP contribution in [0.3, 0.4) is 0 Å². The second kappa shape index (κ2) is 4.75. The normalized spacial score (nSPS) is 10.1. The van der Waals surface area contributed by atoms with E-state index in [1.54, 1.807) is 24.7 Å². The average molecular weight is 247 g/mol. The summed E-state index contributed by atoms with van der Waals surface area (Å²) in [5.41, 5.74) is 3.02. The molecule has 2 aromatic heterocycles. The predicted molar refractivity (Wildman–Crippen MR) is 69.9 cm³/mol. The van der Waals surface area contributed by atoms with Crippen molar-refractivity contribution < 1.29 is 4.42 Å². The van der Waals surface area contributed by atoms with Gasteiger partial charge in [0, 0.05) is 29.1 Å². The van der Waals surface area contributed by atoms with Gasteiger partial charge in [0.1, 0.15) is 6.26 Å². The molecule has 0 amide bonds. The van der Waals surface area contributed by atoms with Gasteiger partial charge >= 0.3 is 0 Å². The maximum atomic E-state index is 9.28. The average Bonchev–Trinajstić information content (AvgIpc) is 3.01. The zero-order chi connectivity index (χ0) is 13.1. The molecule has 4 heteroatoms. The van der Waals surface area contributed by atoms with E-state index in [-0.39, 0.29) is 0 Å². The standard InChI is InChI=1S/C15H9N3O/c16-9-11-3-1-5-13(15-18-7-8-19-15)14(11)12-4-2-6-17-10-12/h1-8,10H. The Hall–Kier alpha value is -2.93. The molecule has 0 spiro atoms. The van der Waals surface area contributed by atoms with E-state index in [0.717, 1.165) is 16.7 Å². The molecule has 0 aliphatic rings. The molecule has 2 heterocycles. The van der Waals surface area contributed by atoms with Gasteiger partial charge in [-0.2, -0.15) is 5.26 Å². The first-order valence-electron chi connectivity index (χ1n) is 5.73. The second-order valence-corrected chi connectivity index (χ2v) is 3.92. The van der Waals surface area contributed by atoms with Crippen LogP contribution in [0.15, 0.2) is 59.6 Å². The summed E-state index contributed by atoms with van der Waals surface area (Å²) in [7, 11) is 0. The third-order valence-corrected chi connectivity index (χ3v) is 2.80. The SMILES string of the molecule is N#Cc1cccc(-c2ncco2)c1-c1cccnc1. The maximum Gasteiger partial charge on any atom is 0.226 e. The highest BCUT2D eigenvalue weighted by Gasteiger charge is 2.14. The number of aromatic nitrogens is 2. The molecule has 0 aliphatic carbocycles. The van der Waals surface area contributed by atoms with Crippen molar-refractivity contribution in [3.8, 4) is 28.7 Å². The van der Waals surface area contributed by atoms with Crippen molar-refractivity contribution in [2.75, 3.05) is 0 Å². The van der Waals surface area contributed by atoms with Gasteiger partial charge in [-0.25, -0.2) is 4.98 Å². The number of pyridine rings is 1. The van der Waals surface area contributed by atoms with Gasteiger partial charge in [0.05, 0.1) is 17.8 Å². The van der Waals surface area contributed by atoms with Gasteiger partial charge < -0.3 is 4.42 Å². The molecule has 3 aromatic rings. The van der Waals surface area contributed by atoms with Crippen molar-refractivity contribution in [1.82, 2.24) is 9.97 Å². The van der Waals surface area contributed by atoms with Crippen LogP contribution in [0.25, 0.3) is 22.6 Å². The summed E-state index contributed by atoms with van der Waals surface area (Å²) in [6.07, 6.45) is 6.52. The summed E-state index contributed by atoms with van der Waals surface area (Å²) in [4.78, 5) is 8.25. The lowest BCUT2D eigenvalue weighted by Gasteiger charge is -2.08. The van der Waals surface area contributed by atoms with Crippen molar-refractivity contribution in [2.45, 2.75) is 0 Å². The lowest BCUT2D eigenvalue weighted by Crippen LogP contribution is -1.90. The summed E-state index contributed by atoms with van der Waals surface area (Å²) in [6.45, 7) is 0. The largest absolute Gasteiger partial charge is 0.445 e. The molecule has 0 radical (unpaired) electrons. The van der Waals surface area contributed by atoms with Crippen molar-refractivity contribution in [2.24, 2.45) is 0 Å². The van der Waals surface area contributed by atoms with Crippen LogP contribution in [0.1, 0.15) is 5.56 Å². The molecule has 0 fully saturated rings. The Morgan fingerprint density at radius 1 is 1.11 bits per heavy atom. The monoisotopic (exact) mass is 247 g/mol. The molecule has 90 valence electrons. The van der Waals surface area contributed by atoms with Gasteiger partial charge in [-0.1, -0.05) is 12.1 Å². The number of oxazole rings is 1. The summed E-state index contributed by atoms with van der Waals surface area (Å²) in [6, 6.07) is 11.4. The van der Waals surface area contributed by atoms with Gasteiger partial charge in [0.25, 0.3) is 0 Å². The van der Waals surface area contributed by atoms with E-state index in [4.69, 9.17) is 4.42 Å². The van der Waals surface area contributed by atoms with Gasteiger partial charge in [-0.05, 0) is 18.2 Å². The molecule has 19 heavy (non-hydrogen) atoms. The fourth-order valence-electron chi connectivity index (χ4n) is 2.00. The number of nitrogens with zero attached hydrogens (tertiary/aromatic N) is 3. The quantitative estimate of drug-likeness (QED) is 0.697. The maximum absolute atomic E-state index is 9.28. The fraction of sp³-hybridized carbons (Fsp3) is 0. The van der Waals surface area contributed by atoms with Gasteiger partial charge in [-0.3, -0.25) is 4.98 Å². The van der Waals surface area contributed by atoms with Crippen LogP contribution in [0.2, 0.25) is 0 Å². The Labute approximate surface area is 110 Å². The van der Waals surface area contributed by atoms with Crippen LogP contribution in [-0.2, 0) is 0 Å². The number of nitriles is 1. The van der Waals surface area contributed by atoms with E-state index < -0.39 is 0 Å². The fourth-order valence-corrected chi connectivity index (χ4v) is 2.00. The highest BCUT2D eigenvalue weighted by atomic mass is 16.3. The van der Waals surface area contributed by atoms with E-state index in [1.807, 2.05) is 24.3 Å². The Bertz CT molecular complexity index is 728. The van der Waals surface area contributed by atoms with Crippen LogP contribution < -0.4 is 0 Å². The Morgan fingerprint density at radius 2 is 2.05 bits per heavy atom. The minimum atomic E-state index is 0.496. The molecule has 0 saturated carbocycles. The molecule has 3 rings (SSSR count). The third-order valence-electron chi connectivity index (χ3n) is 2.80. The molecule has 1 aromatic carbocycles. The summed E-state index contributed by atoms with van der Waals surface area (Å²) >= 11 is 0. The first-order chi connectivity index (χ1) is 9.40. The molecular weight excluding hydrogens is 238 g/mol. The second-order valence-electron chi connectivity index (χ2n) is 3.92. The molecule has 0 atom stereocenters. The van der Waals surface area contributed by atoms with Crippen LogP contribution >= 0.6 is 0 Å². The van der Waals surface area contributed by atoms with Crippen molar-refractivity contribution in [1.29, 1.82) is 5.26 Å². The zero-order valence-electron chi connectivity index (χ0n) is 9.95. The molecule has 0 bridgehead atoms. The molecular formula is C15H9N3O. The highest BCUT2D eigenvalue weighted by Crippen LogP contribution is 2.33. The van der Waals surface area contributed by atoms with Gasteiger partial charge in [0.2, 0.25) is 5.89 Å².